The van der Waals surface area contributed by atoms with Crippen molar-refractivity contribution < 1.29 is 33.5 Å². The van der Waals surface area contributed by atoms with Crippen LogP contribution in [0.15, 0.2) is 12.1 Å². The number of rotatable bonds is 15. The number of carbonyl (C=O) groups excluding carboxylic acids is 3. The molecule has 10 heteroatoms. The molecule has 1 aromatic rings. The first kappa shape index (κ1) is 27.4. The van der Waals surface area contributed by atoms with Gasteiger partial charge in [0.2, 0.25) is 11.7 Å². The van der Waals surface area contributed by atoms with Crippen LogP contribution in [-0.2, 0) is 25.5 Å². The van der Waals surface area contributed by atoms with Gasteiger partial charge in [-0.2, -0.15) is 0 Å². The van der Waals surface area contributed by atoms with Crippen LogP contribution in [0.4, 0.5) is 5.69 Å². The molecule has 0 saturated carbocycles. The monoisotopic (exact) mass is 462 g/mol. The minimum atomic E-state index is -0.510. The zero-order valence-electron chi connectivity index (χ0n) is 19.2. The number of ether oxygens (including phenoxy) is 3. The number of esters is 1. The van der Waals surface area contributed by atoms with Crippen LogP contribution in [0.1, 0.15) is 51.0 Å². The highest BCUT2D eigenvalue weighted by atomic mass is 16.6. The van der Waals surface area contributed by atoms with E-state index >= 15 is 0 Å². The molecule has 1 aromatic carbocycles. The second-order valence-electron chi connectivity index (χ2n) is 7.02. The predicted molar refractivity (Wildman–Crippen MR) is 120 cm³/mol. The molecule has 0 radical (unpaired) electrons. The Balaban J connectivity index is 2.56. The van der Waals surface area contributed by atoms with Crippen LogP contribution in [0, 0.1) is 22.0 Å². The summed E-state index contributed by atoms with van der Waals surface area (Å²) in [5, 5.41) is 14.2. The van der Waals surface area contributed by atoms with E-state index in [1.807, 2.05) is 0 Å². The molecule has 0 aliphatic rings. The second-order valence-corrected chi connectivity index (χ2v) is 7.02. The van der Waals surface area contributed by atoms with E-state index in [4.69, 9.17) is 9.47 Å². The summed E-state index contributed by atoms with van der Waals surface area (Å²) in [5.41, 5.74) is 0.298. The Bertz CT molecular complexity index is 902. The fraction of sp³-hybridized carbons (Fsp3) is 0.522. The third-order valence-electron chi connectivity index (χ3n) is 4.59. The fourth-order valence-electron chi connectivity index (χ4n) is 2.94. The molecule has 0 fully saturated rings. The molecule has 1 rings (SSSR count). The number of Topliss-reactive ketones (excluding diaryl/α,β-unsaturated/α-hetero) is 1. The van der Waals surface area contributed by atoms with Gasteiger partial charge in [-0.05, 0) is 44.6 Å². The number of nitro benzene ring substituents is 1. The van der Waals surface area contributed by atoms with Gasteiger partial charge in [0, 0.05) is 31.4 Å². The molecule has 0 unspecified atom stereocenters. The highest BCUT2D eigenvalue weighted by Crippen LogP contribution is 2.35. The van der Waals surface area contributed by atoms with Crippen LogP contribution in [0.2, 0.25) is 0 Å². The van der Waals surface area contributed by atoms with E-state index in [9.17, 15) is 24.5 Å². The number of aryl methyl sites for hydroxylation is 1. The van der Waals surface area contributed by atoms with Crippen molar-refractivity contribution in [1.82, 2.24) is 5.32 Å². The number of hydrogen-bond acceptors (Lipinski definition) is 8. The summed E-state index contributed by atoms with van der Waals surface area (Å²) < 4.78 is 15.5. The molecule has 180 valence electrons. The summed E-state index contributed by atoms with van der Waals surface area (Å²) in [4.78, 5) is 45.4. The summed E-state index contributed by atoms with van der Waals surface area (Å²) >= 11 is 0. The van der Waals surface area contributed by atoms with Crippen LogP contribution < -0.4 is 14.8 Å². The van der Waals surface area contributed by atoms with Gasteiger partial charge in [0.15, 0.2) is 11.5 Å². The number of benzene rings is 1. The lowest BCUT2D eigenvalue weighted by Crippen LogP contribution is -2.25. The molecule has 1 amide bonds. The second kappa shape index (κ2) is 15.2. The van der Waals surface area contributed by atoms with Gasteiger partial charge < -0.3 is 19.5 Å². The van der Waals surface area contributed by atoms with Crippen LogP contribution in [-0.4, -0.2) is 50.0 Å². The number of hydrogen-bond donors (Lipinski definition) is 1. The number of nitrogens with one attached hydrogen (secondary N) is 1. The van der Waals surface area contributed by atoms with Crippen molar-refractivity contribution in [3.63, 3.8) is 0 Å². The van der Waals surface area contributed by atoms with Gasteiger partial charge in [-0.1, -0.05) is 5.92 Å². The summed E-state index contributed by atoms with van der Waals surface area (Å²) in [5.74, 6) is 4.81. The summed E-state index contributed by atoms with van der Waals surface area (Å²) in [6, 6.07) is 2.82. The van der Waals surface area contributed by atoms with E-state index in [1.165, 1.54) is 26.4 Å². The van der Waals surface area contributed by atoms with Gasteiger partial charge in [-0.3, -0.25) is 24.5 Å². The Morgan fingerprint density at radius 1 is 1.06 bits per heavy atom. The molecule has 0 heterocycles. The van der Waals surface area contributed by atoms with Crippen LogP contribution in [0.5, 0.6) is 11.5 Å². The molecule has 0 aliphatic carbocycles. The van der Waals surface area contributed by atoms with Crippen LogP contribution >= 0.6 is 0 Å². The van der Waals surface area contributed by atoms with Crippen molar-refractivity contribution >= 4 is 23.3 Å². The highest BCUT2D eigenvalue weighted by molar-refractivity contribution is 5.95. The lowest BCUT2D eigenvalue weighted by atomic mass is 10.1. The third-order valence-corrected chi connectivity index (χ3v) is 4.59. The molecule has 33 heavy (non-hydrogen) atoms. The maximum atomic E-state index is 11.9. The van der Waals surface area contributed by atoms with E-state index in [0.29, 0.717) is 50.0 Å². The summed E-state index contributed by atoms with van der Waals surface area (Å²) in [6.45, 7) is 2.14. The number of carbonyl (C=O) groups is 3. The van der Waals surface area contributed by atoms with Gasteiger partial charge in [0.05, 0.1) is 31.8 Å². The number of amides is 1. The Labute approximate surface area is 193 Å². The average molecular weight is 462 g/mol. The van der Waals surface area contributed by atoms with Gasteiger partial charge in [0.1, 0.15) is 0 Å². The van der Waals surface area contributed by atoms with Crippen molar-refractivity contribution in [2.24, 2.45) is 0 Å². The number of methoxy groups -OCH3 is 2. The molecule has 0 bridgehead atoms. The smallest absolute Gasteiger partial charge is 0.305 e. The van der Waals surface area contributed by atoms with E-state index in [-0.39, 0.29) is 48.5 Å². The molecular formula is C23H30N2O8. The fourth-order valence-corrected chi connectivity index (χ4v) is 2.94. The molecule has 0 aliphatic heterocycles. The largest absolute Gasteiger partial charge is 0.493 e. The highest BCUT2D eigenvalue weighted by Gasteiger charge is 2.20. The maximum absolute atomic E-state index is 11.9. The lowest BCUT2D eigenvalue weighted by molar-refractivity contribution is -0.385. The van der Waals surface area contributed by atoms with Crippen molar-refractivity contribution in [2.45, 2.75) is 51.9 Å². The normalized spacial score (nSPS) is 9.91. The zero-order chi connectivity index (χ0) is 24.6. The van der Waals surface area contributed by atoms with Crippen LogP contribution in [0.3, 0.4) is 0 Å². The lowest BCUT2D eigenvalue weighted by Gasteiger charge is -2.13. The van der Waals surface area contributed by atoms with Gasteiger partial charge >= 0.3 is 5.97 Å². The zero-order valence-corrected chi connectivity index (χ0v) is 19.2. The first-order valence-electron chi connectivity index (χ1n) is 10.6. The van der Waals surface area contributed by atoms with Crippen molar-refractivity contribution in [3.05, 3.63) is 27.8 Å². The molecule has 1 N–H and O–H groups in total. The Morgan fingerprint density at radius 3 is 2.45 bits per heavy atom. The quantitative estimate of drug-likeness (QED) is 0.105. The van der Waals surface area contributed by atoms with Crippen molar-refractivity contribution in [1.29, 1.82) is 0 Å². The number of nitrogens with zero attached hydrogens (tertiary/aromatic N) is 1. The number of nitro groups is 1. The number of ketones is 1. The summed E-state index contributed by atoms with van der Waals surface area (Å²) in [6.07, 6.45) is 2.26. The van der Waals surface area contributed by atoms with E-state index < -0.39 is 4.92 Å². The molecule has 0 atom stereocenters. The van der Waals surface area contributed by atoms with Gasteiger partial charge in [-0.15, -0.1) is 0 Å². The Morgan fingerprint density at radius 2 is 1.82 bits per heavy atom. The van der Waals surface area contributed by atoms with Gasteiger partial charge in [0.25, 0.3) is 5.69 Å². The summed E-state index contributed by atoms with van der Waals surface area (Å²) in [7, 11) is 2.71. The van der Waals surface area contributed by atoms with Crippen molar-refractivity contribution in [2.75, 3.05) is 27.4 Å². The molecule has 10 nitrogen and oxygen atoms in total. The molecule has 0 saturated heterocycles. The minimum Gasteiger partial charge on any atom is -0.493 e. The SMILES string of the molecule is CC#CC(=O)CCCNC(=O)CCCOc1cc([N+](=O)[O-])c(CCCC(=O)OC)cc1OC. The maximum Gasteiger partial charge on any atom is 0.305 e. The van der Waals surface area contributed by atoms with Crippen molar-refractivity contribution in [3.8, 4) is 23.3 Å². The van der Waals surface area contributed by atoms with E-state index in [1.54, 1.807) is 6.92 Å². The third kappa shape index (κ3) is 10.5. The average Bonchev–Trinajstić information content (AvgIpc) is 2.79. The molecule has 0 aromatic heterocycles. The van der Waals surface area contributed by atoms with E-state index in [0.717, 1.165) is 0 Å². The first-order valence-corrected chi connectivity index (χ1v) is 10.6. The predicted octanol–water partition coefficient (Wildman–Crippen LogP) is 2.75. The van der Waals surface area contributed by atoms with Gasteiger partial charge in [-0.25, -0.2) is 0 Å². The van der Waals surface area contributed by atoms with E-state index in [2.05, 4.69) is 21.9 Å². The first-order chi connectivity index (χ1) is 15.8. The minimum absolute atomic E-state index is 0.129. The standard InChI is InChI=1S/C23H30N2O8/c1-4-8-18(26)10-6-13-24-22(27)11-7-14-33-21-16-19(25(29)30)17(15-20(21)31-2)9-5-12-23(28)32-3/h15-16H,5-7,9-14H2,1-3H3,(H,24,27). The molecular weight excluding hydrogens is 432 g/mol. The Hall–Kier alpha value is -3.61. The Kier molecular flexibility index (Phi) is 12.7. The van der Waals surface area contributed by atoms with Crippen LogP contribution in [0.25, 0.3) is 0 Å². The topological polar surface area (TPSA) is 134 Å². The molecule has 0 spiro atoms.